The SMILES string of the molecule is C=C(C)C(=O)OCCCOCCCNCc1ccc(-c2c3ccc(=[N+](CC)CC)cc-3oc3cc(N(CC)CC)ccc23)c(S(=O)(=O)O)c1. The highest BCUT2D eigenvalue weighted by atomic mass is 32.2. The van der Waals surface area contributed by atoms with Gasteiger partial charge in [-0.15, -0.1) is 0 Å². The van der Waals surface area contributed by atoms with E-state index < -0.39 is 16.1 Å². The molecule has 0 fully saturated rings. The molecule has 2 N–H and O–H groups in total. The molecule has 1 heterocycles. The van der Waals surface area contributed by atoms with Crippen molar-refractivity contribution in [3.63, 3.8) is 0 Å². The second-order valence-electron chi connectivity index (χ2n) is 11.9. The fourth-order valence-electron chi connectivity index (χ4n) is 5.91. The van der Waals surface area contributed by atoms with Crippen molar-refractivity contribution in [1.82, 2.24) is 9.89 Å². The zero-order valence-electron chi connectivity index (χ0n) is 29.4. The number of carbonyl (C=O) groups is 1. The minimum atomic E-state index is -4.59. The van der Waals surface area contributed by atoms with Gasteiger partial charge in [0.25, 0.3) is 10.1 Å². The highest BCUT2D eigenvalue weighted by Gasteiger charge is 2.25. The first kappa shape index (κ1) is 37.8. The number of benzene rings is 3. The molecule has 2 aromatic rings. The molecule has 0 atom stereocenters. The predicted octanol–water partition coefficient (Wildman–Crippen LogP) is 6.12. The Bertz CT molecular complexity index is 1910. The molecule has 2 aliphatic rings. The summed E-state index contributed by atoms with van der Waals surface area (Å²) in [5, 5.41) is 5.09. The summed E-state index contributed by atoms with van der Waals surface area (Å²) in [5.74, 6) is 0.232. The standard InChI is InChI=1S/C38H49N3O7S/c1-7-40(8-2)29-14-17-31-34(24-29)48-35-25-30(41(9-3)10-4)15-18-32(35)37(31)33-16-13-28(23-36(33)49(43,44)45)26-39-19-11-20-46-21-12-22-47-38(42)27(5)6/h13-18,23-25,39H,5,7-12,19-22,26H2,1-4,6H3/p+1. The van der Waals surface area contributed by atoms with Gasteiger partial charge in [0.2, 0.25) is 5.36 Å². The average Bonchev–Trinajstić information content (AvgIpc) is 3.08. The van der Waals surface area contributed by atoms with E-state index in [0.29, 0.717) is 60.8 Å². The molecule has 0 unspecified atom stereocenters. The molecule has 1 aliphatic carbocycles. The van der Waals surface area contributed by atoms with Gasteiger partial charge in [0.15, 0.2) is 0 Å². The average molecular weight is 693 g/mol. The van der Waals surface area contributed by atoms with E-state index in [-0.39, 0.29) is 11.5 Å². The van der Waals surface area contributed by atoms with Crippen LogP contribution < -0.4 is 20.1 Å². The topological polar surface area (TPSA) is 121 Å². The van der Waals surface area contributed by atoms with E-state index in [4.69, 9.17) is 13.9 Å². The van der Waals surface area contributed by atoms with E-state index in [9.17, 15) is 17.8 Å². The number of fused-ring (bicyclic) bond motifs is 2. The van der Waals surface area contributed by atoms with Crippen molar-refractivity contribution in [2.45, 2.75) is 58.9 Å². The predicted molar refractivity (Wildman–Crippen MR) is 196 cm³/mol. The minimum Gasteiger partial charge on any atom is -0.462 e. The Hall–Kier alpha value is -4.03. The fourth-order valence-corrected chi connectivity index (χ4v) is 6.66. The summed E-state index contributed by atoms with van der Waals surface area (Å²) in [6, 6.07) is 17.2. The van der Waals surface area contributed by atoms with Crippen molar-refractivity contribution in [2.24, 2.45) is 0 Å². The Morgan fingerprint density at radius 2 is 1.65 bits per heavy atom. The summed E-state index contributed by atoms with van der Waals surface area (Å²) >= 11 is 0. The monoisotopic (exact) mass is 692 g/mol. The van der Waals surface area contributed by atoms with Gasteiger partial charge in [0, 0.05) is 84.7 Å². The maximum atomic E-state index is 12.9. The third-order valence-corrected chi connectivity index (χ3v) is 9.42. The van der Waals surface area contributed by atoms with Crippen LogP contribution in [0.2, 0.25) is 0 Å². The van der Waals surface area contributed by atoms with Gasteiger partial charge in [-0.1, -0.05) is 18.7 Å². The summed E-state index contributed by atoms with van der Waals surface area (Å²) in [7, 11) is -4.59. The molecule has 49 heavy (non-hydrogen) atoms. The smallest absolute Gasteiger partial charge is 0.333 e. The van der Waals surface area contributed by atoms with Gasteiger partial charge in [-0.3, -0.25) is 4.55 Å². The van der Waals surface area contributed by atoms with Gasteiger partial charge >= 0.3 is 5.97 Å². The molecule has 11 heteroatoms. The van der Waals surface area contributed by atoms with Crippen molar-refractivity contribution >= 4 is 32.7 Å². The van der Waals surface area contributed by atoms with Crippen molar-refractivity contribution in [3.8, 4) is 22.5 Å². The van der Waals surface area contributed by atoms with Gasteiger partial charge < -0.3 is 24.1 Å². The molecule has 1 aliphatic heterocycles. The van der Waals surface area contributed by atoms with Crippen LogP contribution in [0, 0.1) is 0 Å². The van der Waals surface area contributed by atoms with Gasteiger partial charge in [-0.2, -0.15) is 8.42 Å². The Morgan fingerprint density at radius 1 is 0.939 bits per heavy atom. The number of nitrogens with zero attached hydrogens (tertiary/aromatic N) is 2. The molecule has 0 bridgehead atoms. The van der Waals surface area contributed by atoms with Crippen molar-refractivity contribution < 1.29 is 31.7 Å². The molecule has 10 nitrogen and oxygen atoms in total. The maximum absolute atomic E-state index is 12.9. The van der Waals surface area contributed by atoms with Crippen molar-refractivity contribution in [3.05, 3.63) is 77.7 Å². The summed E-state index contributed by atoms with van der Waals surface area (Å²) in [4.78, 5) is 13.5. The van der Waals surface area contributed by atoms with E-state index in [1.807, 2.05) is 42.5 Å². The Morgan fingerprint density at radius 3 is 2.33 bits per heavy atom. The number of hydrogen-bond donors (Lipinski definition) is 2. The fraction of sp³-hybridized carbons (Fsp3) is 0.421. The Labute approximate surface area is 290 Å². The lowest BCUT2D eigenvalue weighted by Crippen LogP contribution is -2.29. The first-order valence-electron chi connectivity index (χ1n) is 17.1. The van der Waals surface area contributed by atoms with Crippen LogP contribution in [0.25, 0.3) is 33.4 Å². The maximum Gasteiger partial charge on any atom is 0.333 e. The Kier molecular flexibility index (Phi) is 13.6. The lowest BCUT2D eigenvalue weighted by Gasteiger charge is -2.22. The minimum absolute atomic E-state index is 0.156. The first-order valence-corrected chi connectivity index (χ1v) is 18.5. The highest BCUT2D eigenvalue weighted by molar-refractivity contribution is 7.86. The number of anilines is 1. The van der Waals surface area contributed by atoms with Crippen molar-refractivity contribution in [1.29, 1.82) is 0 Å². The quantitative estimate of drug-likeness (QED) is 0.0318. The van der Waals surface area contributed by atoms with Crippen molar-refractivity contribution in [2.75, 3.05) is 57.4 Å². The first-order chi connectivity index (χ1) is 23.5. The Balaban J connectivity index is 1.62. The second kappa shape index (κ2) is 17.6. The van der Waals surface area contributed by atoms with Crippen LogP contribution in [0.4, 0.5) is 5.69 Å². The molecule has 0 saturated heterocycles. The van der Waals surface area contributed by atoms with Crippen LogP contribution in [-0.4, -0.2) is 71.5 Å². The number of rotatable bonds is 18. The van der Waals surface area contributed by atoms with Crippen LogP contribution in [0.1, 0.15) is 53.0 Å². The molecule has 264 valence electrons. The van der Waals surface area contributed by atoms with Gasteiger partial charge in [-0.05, 0) is 77.4 Å². The number of esters is 1. The zero-order valence-corrected chi connectivity index (χ0v) is 30.2. The van der Waals surface area contributed by atoms with Crippen LogP contribution >= 0.6 is 0 Å². The van der Waals surface area contributed by atoms with E-state index in [1.165, 1.54) is 6.07 Å². The van der Waals surface area contributed by atoms with E-state index >= 15 is 0 Å². The lowest BCUT2D eigenvalue weighted by atomic mass is 9.92. The number of carbonyl (C=O) groups excluding carboxylic acids is 1. The third kappa shape index (κ3) is 9.57. The van der Waals surface area contributed by atoms with Gasteiger partial charge in [-0.25, -0.2) is 9.37 Å². The summed E-state index contributed by atoms with van der Waals surface area (Å²) in [5.41, 5.74) is 4.58. The summed E-state index contributed by atoms with van der Waals surface area (Å²) in [6.07, 6.45) is 1.34. The van der Waals surface area contributed by atoms with Gasteiger partial charge in [0.05, 0.1) is 12.7 Å². The molecule has 0 radical (unpaired) electrons. The van der Waals surface area contributed by atoms with E-state index in [0.717, 1.165) is 60.2 Å². The second-order valence-corrected chi connectivity index (χ2v) is 13.3. The zero-order chi connectivity index (χ0) is 35.6. The van der Waals surface area contributed by atoms with Gasteiger partial charge in [0.1, 0.15) is 29.3 Å². The van der Waals surface area contributed by atoms with Crippen LogP contribution in [0.15, 0.2) is 76.1 Å². The number of hydrogen-bond acceptors (Lipinski definition) is 8. The van der Waals surface area contributed by atoms with Crippen LogP contribution in [0.5, 0.6) is 0 Å². The molecule has 0 amide bonds. The van der Waals surface area contributed by atoms with Crippen LogP contribution in [0.3, 0.4) is 0 Å². The van der Waals surface area contributed by atoms with E-state index in [2.05, 4.69) is 49.1 Å². The number of ether oxygens (including phenoxy) is 2. The molecular weight excluding hydrogens is 642 g/mol. The normalized spacial score (nSPS) is 11.6. The highest BCUT2D eigenvalue weighted by Crippen LogP contribution is 2.43. The summed E-state index contributed by atoms with van der Waals surface area (Å²) < 4.78 is 55.8. The van der Waals surface area contributed by atoms with Crippen LogP contribution in [-0.2, 0) is 30.9 Å². The molecule has 0 spiro atoms. The third-order valence-electron chi connectivity index (χ3n) is 8.53. The molecule has 0 aromatic heterocycles. The molecular formula is C38H50N3O7S+. The molecule has 0 saturated carbocycles. The molecule has 4 rings (SSSR count). The number of nitrogens with one attached hydrogen (secondary N) is 1. The summed E-state index contributed by atoms with van der Waals surface area (Å²) in [6.45, 7) is 19.2. The largest absolute Gasteiger partial charge is 0.462 e. The lowest BCUT2D eigenvalue weighted by molar-refractivity contribution is -0.139. The van der Waals surface area contributed by atoms with E-state index in [1.54, 1.807) is 13.0 Å². The molecule has 2 aromatic carbocycles.